The van der Waals surface area contributed by atoms with E-state index in [1.54, 1.807) is 0 Å². The number of fused-ring (bicyclic) bond motifs is 1. The average Bonchev–Trinajstić information content (AvgIpc) is 2.78. The number of piperazine rings is 1. The largest absolute Gasteiger partial charge is 0.399 e. The molecule has 2 aromatic rings. The molecule has 1 aliphatic rings. The van der Waals surface area contributed by atoms with Crippen molar-refractivity contribution >= 4 is 16.6 Å². The molecular formula is C17H26N4. The molecule has 0 radical (unpaired) electrons. The van der Waals surface area contributed by atoms with Crippen molar-refractivity contribution in [1.29, 1.82) is 0 Å². The van der Waals surface area contributed by atoms with Gasteiger partial charge in [-0.1, -0.05) is 0 Å². The number of benzene rings is 1. The molecule has 1 fully saturated rings. The van der Waals surface area contributed by atoms with Crippen LogP contribution in [-0.2, 0) is 6.54 Å². The predicted molar refractivity (Wildman–Crippen MR) is 89.5 cm³/mol. The monoisotopic (exact) mass is 286 g/mol. The molecule has 0 atom stereocenters. The van der Waals surface area contributed by atoms with Crippen LogP contribution >= 0.6 is 0 Å². The van der Waals surface area contributed by atoms with E-state index in [0.717, 1.165) is 38.4 Å². The Labute approximate surface area is 127 Å². The summed E-state index contributed by atoms with van der Waals surface area (Å²) in [5.41, 5.74) is 9.47. The fourth-order valence-corrected chi connectivity index (χ4v) is 3.28. The Kier molecular flexibility index (Phi) is 3.91. The molecule has 1 aromatic heterocycles. The predicted octanol–water partition coefficient (Wildman–Crippen LogP) is 2.55. The maximum atomic E-state index is 5.93. The molecule has 21 heavy (non-hydrogen) atoms. The van der Waals surface area contributed by atoms with Gasteiger partial charge < -0.3 is 15.2 Å². The minimum atomic E-state index is 0.466. The van der Waals surface area contributed by atoms with Gasteiger partial charge in [-0.05, 0) is 45.2 Å². The van der Waals surface area contributed by atoms with Crippen LogP contribution in [0.2, 0.25) is 0 Å². The third kappa shape index (κ3) is 2.92. The van der Waals surface area contributed by atoms with Crippen LogP contribution in [0.3, 0.4) is 0 Å². The molecule has 3 rings (SSSR count). The first kappa shape index (κ1) is 14.4. The fourth-order valence-electron chi connectivity index (χ4n) is 3.28. The van der Waals surface area contributed by atoms with E-state index in [9.17, 15) is 0 Å². The summed E-state index contributed by atoms with van der Waals surface area (Å²) in [6, 6.07) is 9.01. The SMILES string of the molecule is CC(C)n1c(CN2CCN(C)CC2)cc2cc(N)ccc21. The molecule has 0 bridgehead atoms. The first-order valence-corrected chi connectivity index (χ1v) is 7.85. The Morgan fingerprint density at radius 3 is 2.48 bits per heavy atom. The van der Waals surface area contributed by atoms with E-state index in [0.29, 0.717) is 6.04 Å². The molecule has 0 unspecified atom stereocenters. The van der Waals surface area contributed by atoms with Gasteiger partial charge in [0.05, 0.1) is 0 Å². The molecule has 1 aliphatic heterocycles. The van der Waals surface area contributed by atoms with E-state index in [2.05, 4.69) is 53.5 Å². The smallest absolute Gasteiger partial charge is 0.0486 e. The van der Waals surface area contributed by atoms with Crippen LogP contribution in [0.25, 0.3) is 10.9 Å². The standard InChI is InChI=1S/C17H26N4/c1-13(2)21-16(12-20-8-6-19(3)7-9-20)11-14-10-15(18)4-5-17(14)21/h4-5,10-11,13H,6-9,12,18H2,1-3H3. The first-order chi connectivity index (χ1) is 10.0. The normalized spacial score (nSPS) is 17.9. The van der Waals surface area contributed by atoms with Gasteiger partial charge in [0, 0.05) is 61.0 Å². The zero-order valence-electron chi connectivity index (χ0n) is 13.3. The van der Waals surface area contributed by atoms with Crippen LogP contribution < -0.4 is 5.73 Å². The number of aromatic nitrogens is 1. The van der Waals surface area contributed by atoms with Crippen molar-refractivity contribution in [2.24, 2.45) is 0 Å². The molecule has 1 saturated heterocycles. The van der Waals surface area contributed by atoms with Gasteiger partial charge in [0.25, 0.3) is 0 Å². The van der Waals surface area contributed by atoms with E-state index in [1.807, 2.05) is 6.07 Å². The number of likely N-dealkylation sites (N-methyl/N-ethyl adjacent to an activating group) is 1. The molecule has 2 heterocycles. The van der Waals surface area contributed by atoms with Crippen molar-refractivity contribution in [3.63, 3.8) is 0 Å². The van der Waals surface area contributed by atoms with E-state index in [-0.39, 0.29) is 0 Å². The Balaban J connectivity index is 1.92. The fraction of sp³-hybridized carbons (Fsp3) is 0.529. The number of hydrogen-bond acceptors (Lipinski definition) is 3. The second kappa shape index (κ2) is 5.70. The lowest BCUT2D eigenvalue weighted by molar-refractivity contribution is 0.145. The number of nitrogen functional groups attached to an aromatic ring is 1. The zero-order valence-corrected chi connectivity index (χ0v) is 13.3. The molecular weight excluding hydrogens is 260 g/mol. The van der Waals surface area contributed by atoms with Gasteiger partial charge in [-0.2, -0.15) is 0 Å². The Morgan fingerprint density at radius 2 is 1.81 bits per heavy atom. The number of nitrogens with zero attached hydrogens (tertiary/aromatic N) is 3. The summed E-state index contributed by atoms with van der Waals surface area (Å²) in [5.74, 6) is 0. The summed E-state index contributed by atoms with van der Waals surface area (Å²) < 4.78 is 2.45. The van der Waals surface area contributed by atoms with E-state index in [4.69, 9.17) is 5.73 Å². The molecule has 114 valence electrons. The molecule has 0 aliphatic carbocycles. The van der Waals surface area contributed by atoms with Crippen LogP contribution in [0.4, 0.5) is 5.69 Å². The van der Waals surface area contributed by atoms with Crippen LogP contribution in [0.1, 0.15) is 25.6 Å². The molecule has 2 N–H and O–H groups in total. The molecule has 4 nitrogen and oxygen atoms in total. The third-order valence-electron chi connectivity index (χ3n) is 4.44. The summed E-state index contributed by atoms with van der Waals surface area (Å²) in [6.45, 7) is 10.2. The van der Waals surface area contributed by atoms with Gasteiger partial charge in [-0.25, -0.2) is 0 Å². The molecule has 0 spiro atoms. The highest BCUT2D eigenvalue weighted by Crippen LogP contribution is 2.27. The number of nitrogens with two attached hydrogens (primary N) is 1. The lowest BCUT2D eigenvalue weighted by atomic mass is 10.2. The lowest BCUT2D eigenvalue weighted by Crippen LogP contribution is -2.44. The van der Waals surface area contributed by atoms with E-state index >= 15 is 0 Å². The topological polar surface area (TPSA) is 37.4 Å². The van der Waals surface area contributed by atoms with Crippen LogP contribution in [-0.4, -0.2) is 47.6 Å². The summed E-state index contributed by atoms with van der Waals surface area (Å²) >= 11 is 0. The van der Waals surface area contributed by atoms with Crippen molar-refractivity contribution in [2.75, 3.05) is 39.0 Å². The van der Waals surface area contributed by atoms with Crippen molar-refractivity contribution in [3.8, 4) is 0 Å². The second-order valence-electron chi connectivity index (χ2n) is 6.50. The maximum Gasteiger partial charge on any atom is 0.0486 e. The molecule has 4 heteroatoms. The molecule has 0 amide bonds. The number of hydrogen-bond donors (Lipinski definition) is 1. The van der Waals surface area contributed by atoms with Crippen LogP contribution in [0, 0.1) is 0 Å². The van der Waals surface area contributed by atoms with Gasteiger partial charge in [0.15, 0.2) is 0 Å². The Morgan fingerprint density at radius 1 is 1.10 bits per heavy atom. The second-order valence-corrected chi connectivity index (χ2v) is 6.50. The minimum absolute atomic E-state index is 0.466. The maximum absolute atomic E-state index is 5.93. The van der Waals surface area contributed by atoms with Gasteiger partial charge >= 0.3 is 0 Å². The molecule has 1 aromatic carbocycles. The zero-order chi connectivity index (χ0) is 15.0. The average molecular weight is 286 g/mol. The van der Waals surface area contributed by atoms with Crippen LogP contribution in [0.15, 0.2) is 24.3 Å². The summed E-state index contributed by atoms with van der Waals surface area (Å²) in [6.07, 6.45) is 0. The van der Waals surface area contributed by atoms with E-state index < -0.39 is 0 Å². The van der Waals surface area contributed by atoms with Gasteiger partial charge in [0.2, 0.25) is 0 Å². The van der Waals surface area contributed by atoms with Crippen molar-refractivity contribution in [1.82, 2.24) is 14.4 Å². The Bertz CT molecular complexity index is 621. The first-order valence-electron chi connectivity index (χ1n) is 7.85. The quantitative estimate of drug-likeness (QED) is 0.881. The third-order valence-corrected chi connectivity index (χ3v) is 4.44. The van der Waals surface area contributed by atoms with Crippen molar-refractivity contribution < 1.29 is 0 Å². The lowest BCUT2D eigenvalue weighted by Gasteiger charge is -2.32. The summed E-state index contributed by atoms with van der Waals surface area (Å²) in [7, 11) is 2.20. The minimum Gasteiger partial charge on any atom is -0.399 e. The highest BCUT2D eigenvalue weighted by atomic mass is 15.3. The number of anilines is 1. The van der Waals surface area contributed by atoms with Crippen LogP contribution in [0.5, 0.6) is 0 Å². The number of rotatable bonds is 3. The van der Waals surface area contributed by atoms with E-state index in [1.165, 1.54) is 16.6 Å². The molecule has 0 saturated carbocycles. The van der Waals surface area contributed by atoms with Crippen molar-refractivity contribution in [3.05, 3.63) is 30.0 Å². The highest BCUT2D eigenvalue weighted by molar-refractivity contribution is 5.84. The highest BCUT2D eigenvalue weighted by Gasteiger charge is 2.18. The Hall–Kier alpha value is -1.52. The van der Waals surface area contributed by atoms with Gasteiger partial charge in [-0.15, -0.1) is 0 Å². The van der Waals surface area contributed by atoms with Gasteiger partial charge in [-0.3, -0.25) is 4.90 Å². The summed E-state index contributed by atoms with van der Waals surface area (Å²) in [5, 5.41) is 1.26. The summed E-state index contributed by atoms with van der Waals surface area (Å²) in [4.78, 5) is 4.95. The van der Waals surface area contributed by atoms with Gasteiger partial charge in [0.1, 0.15) is 0 Å². The van der Waals surface area contributed by atoms with Crippen molar-refractivity contribution in [2.45, 2.75) is 26.4 Å².